The lowest BCUT2D eigenvalue weighted by molar-refractivity contribution is 0.434. The summed E-state index contributed by atoms with van der Waals surface area (Å²) >= 11 is 0. The van der Waals surface area contributed by atoms with Crippen LogP contribution in [0.2, 0.25) is 0 Å². The van der Waals surface area contributed by atoms with E-state index in [0.717, 1.165) is 43.3 Å². The van der Waals surface area contributed by atoms with Gasteiger partial charge in [0.1, 0.15) is 11.4 Å². The maximum Gasteiger partial charge on any atom is 0.280 e. The lowest BCUT2D eigenvalue weighted by Crippen LogP contribution is -2.17. The molecule has 8 heteroatoms. The van der Waals surface area contributed by atoms with Crippen molar-refractivity contribution in [2.24, 2.45) is 4.99 Å². The summed E-state index contributed by atoms with van der Waals surface area (Å²) in [5, 5.41) is 13.4. The van der Waals surface area contributed by atoms with Crippen LogP contribution >= 0.6 is 0 Å². The van der Waals surface area contributed by atoms with Crippen molar-refractivity contribution in [3.05, 3.63) is 70.1 Å². The van der Waals surface area contributed by atoms with Gasteiger partial charge in [-0.15, -0.1) is 0 Å². The minimum Gasteiger partial charge on any atom is -0.506 e. The molecule has 0 spiro atoms. The number of H-pyrrole nitrogens is 1. The van der Waals surface area contributed by atoms with Crippen LogP contribution < -0.4 is 5.56 Å². The highest BCUT2D eigenvalue weighted by Gasteiger charge is 2.23. The normalized spacial score (nSPS) is 15.5. The van der Waals surface area contributed by atoms with Gasteiger partial charge in [-0.2, -0.15) is 0 Å². The number of phenolic OH excluding ortho intramolecular Hbond substituents is 1. The van der Waals surface area contributed by atoms with Crippen LogP contribution in [0, 0.1) is 0 Å². The zero-order valence-corrected chi connectivity index (χ0v) is 18.1. The fourth-order valence-electron chi connectivity index (χ4n) is 4.02. The summed E-state index contributed by atoms with van der Waals surface area (Å²) < 4.78 is 25.2. The second kappa shape index (κ2) is 8.55. The topological polar surface area (TPSA) is 105 Å². The number of phenols is 1. The summed E-state index contributed by atoms with van der Waals surface area (Å²) in [6.45, 7) is 0. The number of aromatic hydroxyl groups is 1. The van der Waals surface area contributed by atoms with Crippen LogP contribution in [0.1, 0.15) is 49.3 Å². The highest BCUT2D eigenvalue weighted by Crippen LogP contribution is 2.33. The number of sulfone groups is 1. The number of nitrogens with zero attached hydrogens (tertiary/aromatic N) is 2. The van der Waals surface area contributed by atoms with Crippen molar-refractivity contribution in [3.63, 3.8) is 0 Å². The molecule has 0 radical (unpaired) electrons. The van der Waals surface area contributed by atoms with E-state index in [2.05, 4.69) is 10.1 Å². The molecule has 31 heavy (non-hydrogen) atoms. The van der Waals surface area contributed by atoms with E-state index in [1.54, 1.807) is 0 Å². The first-order chi connectivity index (χ1) is 14.8. The molecular formula is C23H25N3O4S. The average Bonchev–Trinajstić information content (AvgIpc) is 3.10. The summed E-state index contributed by atoms with van der Waals surface area (Å²) in [5.41, 5.74) is 1.86. The number of para-hydroxylation sites is 1. The predicted octanol–water partition coefficient (Wildman–Crippen LogP) is 4.07. The van der Waals surface area contributed by atoms with E-state index in [4.69, 9.17) is 0 Å². The molecule has 0 unspecified atom stereocenters. The van der Waals surface area contributed by atoms with Gasteiger partial charge in [-0.3, -0.25) is 14.9 Å². The van der Waals surface area contributed by atoms with Crippen molar-refractivity contribution in [3.8, 4) is 11.4 Å². The number of rotatable bonds is 5. The van der Waals surface area contributed by atoms with Crippen molar-refractivity contribution in [1.82, 2.24) is 9.78 Å². The molecule has 2 N–H and O–H groups in total. The van der Waals surface area contributed by atoms with E-state index in [1.165, 1.54) is 35.5 Å². The van der Waals surface area contributed by atoms with Gasteiger partial charge in [-0.1, -0.05) is 37.5 Å². The quantitative estimate of drug-likeness (QED) is 0.585. The minimum absolute atomic E-state index is 0.0562. The van der Waals surface area contributed by atoms with Crippen molar-refractivity contribution >= 4 is 21.7 Å². The summed E-state index contributed by atoms with van der Waals surface area (Å²) in [7, 11) is -3.45. The first kappa shape index (κ1) is 21.1. The van der Waals surface area contributed by atoms with E-state index in [-0.39, 0.29) is 27.8 Å². The molecule has 162 valence electrons. The third kappa shape index (κ3) is 4.49. The maximum atomic E-state index is 13.2. The number of hydrogen-bond acceptors (Lipinski definition) is 5. The second-order valence-electron chi connectivity index (χ2n) is 7.93. The molecule has 0 bridgehead atoms. The van der Waals surface area contributed by atoms with Crippen LogP contribution in [-0.4, -0.2) is 35.8 Å². The van der Waals surface area contributed by atoms with Gasteiger partial charge in [0.25, 0.3) is 5.56 Å². The van der Waals surface area contributed by atoms with Crippen molar-refractivity contribution in [1.29, 1.82) is 0 Å². The van der Waals surface area contributed by atoms with Crippen molar-refractivity contribution < 1.29 is 13.5 Å². The lowest BCUT2D eigenvalue weighted by atomic mass is 9.86. The zero-order chi connectivity index (χ0) is 22.0. The third-order valence-corrected chi connectivity index (χ3v) is 6.80. The van der Waals surface area contributed by atoms with Gasteiger partial charge in [0, 0.05) is 24.1 Å². The number of benzene rings is 2. The molecule has 1 saturated carbocycles. The van der Waals surface area contributed by atoms with Gasteiger partial charge in [-0.25, -0.2) is 13.1 Å². The van der Waals surface area contributed by atoms with E-state index in [9.17, 15) is 18.3 Å². The molecule has 7 nitrogen and oxygen atoms in total. The molecule has 2 aromatic carbocycles. The Morgan fingerprint density at radius 3 is 2.48 bits per heavy atom. The molecule has 0 atom stereocenters. The Morgan fingerprint density at radius 1 is 1.10 bits per heavy atom. The molecule has 0 saturated heterocycles. The first-order valence-corrected chi connectivity index (χ1v) is 12.2. The molecule has 1 heterocycles. The van der Waals surface area contributed by atoms with E-state index in [1.807, 2.05) is 30.3 Å². The van der Waals surface area contributed by atoms with Gasteiger partial charge < -0.3 is 5.11 Å². The summed E-state index contributed by atoms with van der Waals surface area (Å²) in [6.07, 6.45) is 7.92. The molecule has 3 aromatic rings. The lowest BCUT2D eigenvalue weighted by Gasteiger charge is -2.20. The molecular weight excluding hydrogens is 414 g/mol. The Kier molecular flexibility index (Phi) is 5.82. The molecule has 0 amide bonds. The molecule has 1 aromatic heterocycles. The highest BCUT2D eigenvalue weighted by molar-refractivity contribution is 7.90. The number of aromatic nitrogens is 2. The summed E-state index contributed by atoms with van der Waals surface area (Å²) in [6, 6.07) is 13.3. The second-order valence-corrected chi connectivity index (χ2v) is 9.95. The molecule has 0 aliphatic heterocycles. The standard InChI is InChI=1S/C23H25N3O4S/c1-31(29,30)18-12-13-21(27)20(14-18)24-15-19-22(16-8-4-2-5-9-16)25-26(23(19)28)17-10-6-3-7-11-17/h3,6-7,10-16,25,27H,2,4-5,8-9H2,1H3. The Bertz CT molecular complexity index is 1270. The van der Waals surface area contributed by atoms with Crippen LogP contribution in [0.3, 0.4) is 0 Å². The van der Waals surface area contributed by atoms with Crippen molar-refractivity contribution in [2.45, 2.75) is 42.9 Å². The Morgan fingerprint density at radius 2 is 1.81 bits per heavy atom. The van der Waals surface area contributed by atoms with Gasteiger partial charge in [0.2, 0.25) is 0 Å². The van der Waals surface area contributed by atoms with Crippen molar-refractivity contribution in [2.75, 3.05) is 6.26 Å². The fourth-order valence-corrected chi connectivity index (χ4v) is 4.67. The van der Waals surface area contributed by atoms with E-state index < -0.39 is 9.84 Å². The van der Waals surface area contributed by atoms with Crippen LogP contribution in [0.4, 0.5) is 5.69 Å². The Hall–Kier alpha value is -3.13. The van der Waals surface area contributed by atoms with Crippen LogP contribution in [0.5, 0.6) is 5.75 Å². The number of hydrogen-bond donors (Lipinski definition) is 2. The predicted molar refractivity (Wildman–Crippen MR) is 121 cm³/mol. The van der Waals surface area contributed by atoms with E-state index >= 15 is 0 Å². The number of aromatic amines is 1. The molecule has 4 rings (SSSR count). The largest absolute Gasteiger partial charge is 0.506 e. The maximum absolute atomic E-state index is 13.2. The fraction of sp³-hybridized carbons (Fsp3) is 0.304. The SMILES string of the molecule is CS(=O)(=O)c1ccc(O)c(N=Cc2c(C3CCCCC3)[nH]n(-c3ccccc3)c2=O)c1. The Balaban J connectivity index is 1.80. The third-order valence-electron chi connectivity index (χ3n) is 5.69. The smallest absolute Gasteiger partial charge is 0.280 e. The van der Waals surface area contributed by atoms with Crippen LogP contribution in [-0.2, 0) is 9.84 Å². The molecule has 1 fully saturated rings. The zero-order valence-electron chi connectivity index (χ0n) is 17.3. The van der Waals surface area contributed by atoms with Gasteiger partial charge in [-0.05, 0) is 43.2 Å². The van der Waals surface area contributed by atoms with Gasteiger partial charge in [0.05, 0.1) is 16.1 Å². The minimum atomic E-state index is -3.45. The van der Waals surface area contributed by atoms with E-state index in [0.29, 0.717) is 5.56 Å². The average molecular weight is 440 g/mol. The van der Waals surface area contributed by atoms with Crippen LogP contribution in [0.25, 0.3) is 5.69 Å². The first-order valence-electron chi connectivity index (χ1n) is 10.3. The number of aliphatic imine (C=N–C) groups is 1. The van der Waals surface area contributed by atoms with Crippen LogP contribution in [0.15, 0.2) is 63.2 Å². The van der Waals surface area contributed by atoms with Gasteiger partial charge >= 0.3 is 0 Å². The Labute approximate surface area is 181 Å². The monoisotopic (exact) mass is 439 g/mol. The highest BCUT2D eigenvalue weighted by atomic mass is 32.2. The summed E-state index contributed by atoms with van der Waals surface area (Å²) in [4.78, 5) is 17.6. The summed E-state index contributed by atoms with van der Waals surface area (Å²) in [5.74, 6) is 0.0746. The number of nitrogens with one attached hydrogen (secondary N) is 1. The van der Waals surface area contributed by atoms with Gasteiger partial charge in [0.15, 0.2) is 9.84 Å². The molecule has 1 aliphatic carbocycles. The molecule has 1 aliphatic rings.